The van der Waals surface area contributed by atoms with Crippen molar-refractivity contribution >= 4 is 11.9 Å². The van der Waals surface area contributed by atoms with Crippen molar-refractivity contribution in [2.24, 2.45) is 0 Å². The second kappa shape index (κ2) is 5.31. The first-order valence-electron chi connectivity index (χ1n) is 4.90. The maximum atomic E-state index is 11.5. The zero-order chi connectivity index (χ0) is 13.0. The highest BCUT2D eigenvalue weighted by Crippen LogP contribution is 2.16. The van der Waals surface area contributed by atoms with Crippen LogP contribution in [0.5, 0.6) is 5.75 Å². The molecule has 0 saturated heterocycles. The number of nitrogens with one attached hydrogen (secondary N) is 1. The lowest BCUT2D eigenvalue weighted by molar-refractivity contribution is -0.146. The molecule has 6 heteroatoms. The van der Waals surface area contributed by atoms with E-state index in [0.717, 1.165) is 0 Å². The molecule has 1 amide bonds. The van der Waals surface area contributed by atoms with Crippen molar-refractivity contribution in [3.05, 3.63) is 29.3 Å². The summed E-state index contributed by atoms with van der Waals surface area (Å²) in [5.41, 5.74) is 0.828. The average molecular weight is 239 g/mol. The van der Waals surface area contributed by atoms with E-state index < -0.39 is 18.0 Å². The third-order valence-corrected chi connectivity index (χ3v) is 2.20. The second-order valence-electron chi connectivity index (χ2n) is 3.57. The number of benzene rings is 1. The van der Waals surface area contributed by atoms with Crippen LogP contribution in [0.4, 0.5) is 0 Å². The van der Waals surface area contributed by atoms with Gasteiger partial charge in [-0.25, -0.2) is 4.79 Å². The SMILES string of the molecule is Cc1cc(C(=O)NC[C@H](O)C(=O)O)ccc1O. The summed E-state index contributed by atoms with van der Waals surface area (Å²) < 4.78 is 0. The Kier molecular flexibility index (Phi) is 4.06. The minimum atomic E-state index is -1.63. The van der Waals surface area contributed by atoms with Crippen molar-refractivity contribution in [1.29, 1.82) is 0 Å². The minimum absolute atomic E-state index is 0.0760. The third-order valence-electron chi connectivity index (χ3n) is 2.20. The van der Waals surface area contributed by atoms with E-state index in [1.165, 1.54) is 18.2 Å². The molecule has 1 aromatic carbocycles. The van der Waals surface area contributed by atoms with Crippen LogP contribution in [0.15, 0.2) is 18.2 Å². The number of aliphatic hydroxyl groups is 1. The summed E-state index contributed by atoms with van der Waals surface area (Å²) in [6.45, 7) is 1.27. The normalized spacial score (nSPS) is 11.9. The van der Waals surface area contributed by atoms with Gasteiger partial charge in [-0.15, -0.1) is 0 Å². The Hall–Kier alpha value is -2.08. The van der Waals surface area contributed by atoms with Crippen molar-refractivity contribution in [3.63, 3.8) is 0 Å². The highest BCUT2D eigenvalue weighted by atomic mass is 16.4. The largest absolute Gasteiger partial charge is 0.508 e. The molecule has 0 aliphatic rings. The van der Waals surface area contributed by atoms with Gasteiger partial charge in [0.1, 0.15) is 5.75 Å². The number of carbonyl (C=O) groups is 2. The molecule has 0 saturated carbocycles. The van der Waals surface area contributed by atoms with Crippen LogP contribution >= 0.6 is 0 Å². The maximum absolute atomic E-state index is 11.5. The van der Waals surface area contributed by atoms with E-state index >= 15 is 0 Å². The van der Waals surface area contributed by atoms with Crippen LogP contribution in [0.2, 0.25) is 0 Å². The van der Waals surface area contributed by atoms with Crippen LogP contribution < -0.4 is 5.32 Å². The van der Waals surface area contributed by atoms with E-state index in [4.69, 9.17) is 10.2 Å². The number of carboxylic acid groups (broad SMARTS) is 1. The van der Waals surface area contributed by atoms with Crippen molar-refractivity contribution in [2.45, 2.75) is 13.0 Å². The molecule has 0 aromatic heterocycles. The summed E-state index contributed by atoms with van der Waals surface area (Å²) >= 11 is 0. The first-order valence-corrected chi connectivity index (χ1v) is 4.90. The number of aliphatic hydroxyl groups excluding tert-OH is 1. The molecule has 1 atom stereocenters. The summed E-state index contributed by atoms with van der Waals surface area (Å²) in [4.78, 5) is 21.9. The van der Waals surface area contributed by atoms with Gasteiger partial charge < -0.3 is 20.6 Å². The Labute approximate surface area is 97.5 Å². The highest BCUT2D eigenvalue weighted by Gasteiger charge is 2.15. The van der Waals surface area contributed by atoms with Crippen molar-refractivity contribution in [2.75, 3.05) is 6.54 Å². The van der Waals surface area contributed by atoms with Gasteiger partial charge in [0.15, 0.2) is 6.10 Å². The van der Waals surface area contributed by atoms with Crippen LogP contribution in [0.3, 0.4) is 0 Å². The predicted octanol–water partition coefficient (Wildman–Crippen LogP) is -0.124. The molecule has 0 heterocycles. The molecular formula is C11H13NO5. The average Bonchev–Trinajstić information content (AvgIpc) is 2.28. The van der Waals surface area contributed by atoms with Crippen molar-refractivity contribution < 1.29 is 24.9 Å². The van der Waals surface area contributed by atoms with Crippen LogP contribution in [0, 0.1) is 6.92 Å². The number of aromatic hydroxyl groups is 1. The standard InChI is InChI=1S/C11H13NO5/c1-6-4-7(2-3-8(6)13)10(15)12-5-9(14)11(16)17/h2-4,9,13-14H,5H2,1H3,(H,12,15)(H,16,17)/t9-/m0/s1. The fraction of sp³-hybridized carbons (Fsp3) is 0.273. The maximum Gasteiger partial charge on any atom is 0.334 e. The van der Waals surface area contributed by atoms with Crippen LogP contribution in [-0.4, -0.2) is 39.8 Å². The zero-order valence-corrected chi connectivity index (χ0v) is 9.17. The number of amides is 1. The van der Waals surface area contributed by atoms with Gasteiger partial charge >= 0.3 is 5.97 Å². The number of aryl methyl sites for hydroxylation is 1. The number of hydrogen-bond acceptors (Lipinski definition) is 4. The van der Waals surface area contributed by atoms with Crippen molar-refractivity contribution in [3.8, 4) is 5.75 Å². The lowest BCUT2D eigenvalue weighted by Gasteiger charge is -2.08. The minimum Gasteiger partial charge on any atom is -0.508 e. The molecule has 1 aromatic rings. The van der Waals surface area contributed by atoms with E-state index in [-0.39, 0.29) is 17.9 Å². The Morgan fingerprint density at radius 2 is 2.06 bits per heavy atom. The van der Waals surface area contributed by atoms with Gasteiger partial charge in [0.2, 0.25) is 0 Å². The molecule has 1 rings (SSSR count). The number of aliphatic carboxylic acids is 1. The fourth-order valence-electron chi connectivity index (χ4n) is 1.18. The summed E-state index contributed by atoms with van der Waals surface area (Å²) in [6, 6.07) is 4.25. The topological polar surface area (TPSA) is 107 Å². The number of phenolic OH excluding ortho intramolecular Hbond substituents is 1. The monoisotopic (exact) mass is 239 g/mol. The number of rotatable bonds is 4. The fourth-order valence-corrected chi connectivity index (χ4v) is 1.18. The quantitative estimate of drug-likeness (QED) is 0.585. The van der Waals surface area contributed by atoms with Gasteiger partial charge in [-0.2, -0.15) is 0 Å². The second-order valence-corrected chi connectivity index (χ2v) is 3.57. The molecule has 4 N–H and O–H groups in total. The molecule has 0 spiro atoms. The molecule has 17 heavy (non-hydrogen) atoms. The number of hydrogen-bond donors (Lipinski definition) is 4. The smallest absolute Gasteiger partial charge is 0.334 e. The highest BCUT2D eigenvalue weighted by molar-refractivity contribution is 5.94. The van der Waals surface area contributed by atoms with Crippen LogP contribution in [-0.2, 0) is 4.79 Å². The van der Waals surface area contributed by atoms with Crippen LogP contribution in [0.1, 0.15) is 15.9 Å². The molecule has 0 aliphatic heterocycles. The lowest BCUT2D eigenvalue weighted by Crippen LogP contribution is -2.36. The van der Waals surface area contributed by atoms with E-state index in [2.05, 4.69) is 5.32 Å². The summed E-state index contributed by atoms with van der Waals surface area (Å²) in [7, 11) is 0. The summed E-state index contributed by atoms with van der Waals surface area (Å²) in [5.74, 6) is -1.83. The molecular weight excluding hydrogens is 226 g/mol. The summed E-state index contributed by atoms with van der Waals surface area (Å²) in [5, 5.41) is 28.9. The van der Waals surface area contributed by atoms with Gasteiger partial charge in [0.05, 0.1) is 6.54 Å². The Morgan fingerprint density at radius 3 is 2.59 bits per heavy atom. The lowest BCUT2D eigenvalue weighted by atomic mass is 10.1. The molecule has 0 fully saturated rings. The van der Waals surface area contributed by atoms with Gasteiger partial charge in [-0.3, -0.25) is 4.79 Å². The Bertz CT molecular complexity index is 443. The van der Waals surface area contributed by atoms with E-state index in [1.54, 1.807) is 6.92 Å². The number of carboxylic acids is 1. The molecule has 0 aliphatic carbocycles. The molecule has 0 bridgehead atoms. The molecule has 6 nitrogen and oxygen atoms in total. The molecule has 0 unspecified atom stereocenters. The van der Waals surface area contributed by atoms with Crippen molar-refractivity contribution in [1.82, 2.24) is 5.32 Å². The van der Waals surface area contributed by atoms with E-state index in [9.17, 15) is 14.7 Å². The first kappa shape index (κ1) is 13.0. The van der Waals surface area contributed by atoms with Gasteiger partial charge in [0.25, 0.3) is 5.91 Å². The number of carbonyl (C=O) groups excluding carboxylic acids is 1. The van der Waals surface area contributed by atoms with E-state index in [1.807, 2.05) is 0 Å². The Balaban J connectivity index is 2.64. The zero-order valence-electron chi connectivity index (χ0n) is 9.17. The van der Waals surface area contributed by atoms with Gasteiger partial charge in [0, 0.05) is 5.56 Å². The first-order chi connectivity index (χ1) is 7.91. The molecule has 92 valence electrons. The molecule has 0 radical (unpaired) electrons. The van der Waals surface area contributed by atoms with Crippen LogP contribution in [0.25, 0.3) is 0 Å². The van der Waals surface area contributed by atoms with Gasteiger partial charge in [-0.1, -0.05) is 0 Å². The number of phenols is 1. The third kappa shape index (κ3) is 3.46. The summed E-state index contributed by atoms with van der Waals surface area (Å²) in [6.07, 6.45) is -1.63. The predicted molar refractivity (Wildman–Crippen MR) is 58.8 cm³/mol. The van der Waals surface area contributed by atoms with Gasteiger partial charge in [-0.05, 0) is 30.7 Å². The van der Waals surface area contributed by atoms with E-state index in [0.29, 0.717) is 5.56 Å². The Morgan fingerprint density at radius 1 is 1.41 bits per heavy atom.